The number of halogens is 2. The summed E-state index contributed by atoms with van der Waals surface area (Å²) in [7, 11) is 0. The van der Waals surface area contributed by atoms with Crippen LogP contribution in [0.15, 0.2) is 80.1 Å². The van der Waals surface area contributed by atoms with Gasteiger partial charge in [0.1, 0.15) is 11.5 Å². The number of rotatable bonds is 6. The minimum absolute atomic E-state index is 0.219. The van der Waals surface area contributed by atoms with Gasteiger partial charge in [0, 0.05) is 16.7 Å². The normalized spacial score (nSPS) is 15.5. The van der Waals surface area contributed by atoms with E-state index in [1.54, 1.807) is 54.8 Å². The van der Waals surface area contributed by atoms with E-state index < -0.39 is 12.0 Å². The number of carbonyl (C=O) groups is 1. The molecule has 0 saturated heterocycles. The molecule has 3 heterocycles. The number of allylic oxidation sites excluding steroid dienone is 1. The van der Waals surface area contributed by atoms with Crippen molar-refractivity contribution in [2.75, 3.05) is 6.61 Å². The molecule has 5 rings (SSSR count). The highest BCUT2D eigenvalue weighted by molar-refractivity contribution is 7.07. The van der Waals surface area contributed by atoms with Gasteiger partial charge in [0.2, 0.25) is 0 Å². The van der Waals surface area contributed by atoms with Gasteiger partial charge in [0.05, 0.1) is 33.5 Å². The van der Waals surface area contributed by atoms with Crippen LogP contribution in [0.3, 0.4) is 0 Å². The third-order valence-corrected chi connectivity index (χ3v) is 8.08. The molecule has 0 aliphatic carbocycles. The Morgan fingerprint density at radius 3 is 2.59 bits per heavy atom. The van der Waals surface area contributed by atoms with Gasteiger partial charge in [-0.15, -0.1) is 0 Å². The van der Waals surface area contributed by atoms with Gasteiger partial charge in [-0.3, -0.25) is 9.36 Å². The van der Waals surface area contributed by atoms with Crippen molar-refractivity contribution in [3.8, 4) is 11.3 Å². The van der Waals surface area contributed by atoms with Gasteiger partial charge in [-0.1, -0.05) is 72.7 Å². The minimum atomic E-state index is -0.666. The summed E-state index contributed by atoms with van der Waals surface area (Å²) in [6.45, 7) is 7.98. The average molecular weight is 582 g/mol. The molecule has 200 valence electrons. The number of furan rings is 1. The van der Waals surface area contributed by atoms with Gasteiger partial charge >= 0.3 is 5.97 Å². The van der Waals surface area contributed by atoms with E-state index in [4.69, 9.17) is 32.4 Å². The number of benzene rings is 2. The van der Waals surface area contributed by atoms with Crippen molar-refractivity contribution in [1.29, 1.82) is 0 Å². The van der Waals surface area contributed by atoms with Crippen molar-refractivity contribution >= 4 is 46.6 Å². The van der Waals surface area contributed by atoms with E-state index in [2.05, 4.69) is 18.8 Å². The highest BCUT2D eigenvalue weighted by Crippen LogP contribution is 2.33. The Morgan fingerprint density at radius 1 is 1.15 bits per heavy atom. The van der Waals surface area contributed by atoms with E-state index in [-0.39, 0.29) is 12.2 Å². The number of carbonyl (C=O) groups excluding carboxylic acids is 1. The number of thiazole rings is 1. The highest BCUT2D eigenvalue weighted by Gasteiger charge is 2.33. The first-order chi connectivity index (χ1) is 18.7. The quantitative estimate of drug-likeness (QED) is 0.244. The van der Waals surface area contributed by atoms with Crippen LogP contribution in [-0.4, -0.2) is 17.1 Å². The zero-order chi connectivity index (χ0) is 27.8. The van der Waals surface area contributed by atoms with Crippen LogP contribution >= 0.6 is 34.5 Å². The molecule has 4 aromatic rings. The van der Waals surface area contributed by atoms with Gasteiger partial charge in [-0.2, -0.15) is 0 Å². The third-order valence-electron chi connectivity index (χ3n) is 6.53. The van der Waals surface area contributed by atoms with E-state index >= 15 is 0 Å². The lowest BCUT2D eigenvalue weighted by atomic mass is 9.93. The van der Waals surface area contributed by atoms with Crippen molar-refractivity contribution in [2.45, 2.75) is 39.7 Å². The van der Waals surface area contributed by atoms with E-state index in [1.807, 2.05) is 24.3 Å². The molecule has 1 aliphatic rings. The van der Waals surface area contributed by atoms with Crippen molar-refractivity contribution < 1.29 is 13.9 Å². The fraction of sp³-hybridized carbons (Fsp3) is 0.233. The maximum absolute atomic E-state index is 13.8. The Labute approximate surface area is 239 Å². The predicted molar refractivity (Wildman–Crippen MR) is 155 cm³/mol. The van der Waals surface area contributed by atoms with Crippen LogP contribution in [-0.2, 0) is 9.53 Å². The number of ether oxygens (including phenoxy) is 1. The summed E-state index contributed by atoms with van der Waals surface area (Å²) in [4.78, 5) is 32.0. The lowest BCUT2D eigenvalue weighted by molar-refractivity contribution is -0.139. The summed E-state index contributed by atoms with van der Waals surface area (Å²) < 4.78 is 13.4. The van der Waals surface area contributed by atoms with Gasteiger partial charge < -0.3 is 9.15 Å². The standard InChI is InChI=1S/C30H26Cl2N2O4S/c1-5-37-29(36)26-17(4)33-30-34(27(26)19-8-6-18(7-9-19)16(2)3)28(35)25(39-30)15-21-11-13-24(38-21)22-14-20(31)10-12-23(22)32/h6-16,27H,5H2,1-4H3. The minimum Gasteiger partial charge on any atom is -0.463 e. The summed E-state index contributed by atoms with van der Waals surface area (Å²) in [5, 5.41) is 1.04. The molecule has 2 aromatic heterocycles. The molecule has 1 unspecified atom stereocenters. The van der Waals surface area contributed by atoms with Crippen LogP contribution in [0.2, 0.25) is 10.0 Å². The smallest absolute Gasteiger partial charge is 0.338 e. The number of esters is 1. The molecule has 0 spiro atoms. The number of hydrogen-bond donors (Lipinski definition) is 0. The first-order valence-electron chi connectivity index (χ1n) is 12.5. The predicted octanol–water partition coefficient (Wildman–Crippen LogP) is 6.49. The second-order valence-corrected chi connectivity index (χ2v) is 11.3. The number of fused-ring (bicyclic) bond motifs is 1. The maximum Gasteiger partial charge on any atom is 0.338 e. The van der Waals surface area contributed by atoms with Gasteiger partial charge in [-0.05, 0) is 61.2 Å². The Kier molecular flexibility index (Phi) is 7.67. The molecular weight excluding hydrogens is 555 g/mol. The van der Waals surface area contributed by atoms with Crippen LogP contribution in [0.4, 0.5) is 0 Å². The number of nitrogens with zero attached hydrogens (tertiary/aromatic N) is 2. The van der Waals surface area contributed by atoms with E-state index in [9.17, 15) is 9.59 Å². The molecular formula is C30H26Cl2N2O4S. The van der Waals surface area contributed by atoms with Crippen LogP contribution in [0.1, 0.15) is 56.5 Å². The molecule has 0 N–H and O–H groups in total. The number of aromatic nitrogens is 1. The van der Waals surface area contributed by atoms with Crippen molar-refractivity contribution in [2.24, 2.45) is 4.99 Å². The van der Waals surface area contributed by atoms with Crippen molar-refractivity contribution in [1.82, 2.24) is 4.57 Å². The molecule has 0 fully saturated rings. The van der Waals surface area contributed by atoms with Crippen LogP contribution < -0.4 is 14.9 Å². The van der Waals surface area contributed by atoms with Gasteiger partial charge in [0.25, 0.3) is 5.56 Å². The molecule has 39 heavy (non-hydrogen) atoms. The second kappa shape index (κ2) is 11.0. The summed E-state index contributed by atoms with van der Waals surface area (Å²) in [6.07, 6.45) is 1.67. The summed E-state index contributed by atoms with van der Waals surface area (Å²) >= 11 is 13.7. The molecule has 0 bridgehead atoms. The molecule has 0 saturated carbocycles. The van der Waals surface area contributed by atoms with E-state index in [0.29, 0.717) is 53.7 Å². The van der Waals surface area contributed by atoms with Crippen LogP contribution in [0.5, 0.6) is 0 Å². The Bertz CT molecular complexity index is 1780. The topological polar surface area (TPSA) is 73.8 Å². The lowest BCUT2D eigenvalue weighted by Crippen LogP contribution is -2.39. The SMILES string of the molecule is CCOC(=O)C1=C(C)N=c2sc(=Cc3ccc(-c4cc(Cl)ccc4Cl)o3)c(=O)n2C1c1ccc(C(C)C)cc1. The zero-order valence-electron chi connectivity index (χ0n) is 21.8. The molecule has 1 aliphatic heterocycles. The second-order valence-electron chi connectivity index (χ2n) is 9.45. The highest BCUT2D eigenvalue weighted by atomic mass is 35.5. The summed E-state index contributed by atoms with van der Waals surface area (Å²) in [6, 6.07) is 16.0. The maximum atomic E-state index is 13.8. The van der Waals surface area contributed by atoms with Gasteiger partial charge in [-0.25, -0.2) is 9.79 Å². The Balaban J connectivity index is 1.63. The van der Waals surface area contributed by atoms with Crippen LogP contribution in [0.25, 0.3) is 17.4 Å². The average Bonchev–Trinajstić information content (AvgIpc) is 3.49. The van der Waals surface area contributed by atoms with Crippen molar-refractivity contribution in [3.05, 3.63) is 112 Å². The third kappa shape index (κ3) is 5.26. The van der Waals surface area contributed by atoms with Crippen LogP contribution in [0, 0.1) is 0 Å². The largest absolute Gasteiger partial charge is 0.463 e. The summed E-state index contributed by atoms with van der Waals surface area (Å²) in [5.74, 6) is 0.874. The molecule has 9 heteroatoms. The fourth-order valence-corrected chi connectivity index (χ4v) is 5.97. The van der Waals surface area contributed by atoms with Crippen molar-refractivity contribution in [3.63, 3.8) is 0 Å². The Morgan fingerprint density at radius 2 is 1.90 bits per heavy atom. The zero-order valence-corrected chi connectivity index (χ0v) is 24.2. The van der Waals surface area contributed by atoms with E-state index in [1.165, 1.54) is 11.3 Å². The molecule has 2 aromatic carbocycles. The summed E-state index contributed by atoms with van der Waals surface area (Å²) in [5.41, 5.74) is 3.23. The fourth-order valence-electron chi connectivity index (χ4n) is 4.56. The molecule has 0 radical (unpaired) electrons. The van der Waals surface area contributed by atoms with E-state index in [0.717, 1.165) is 11.1 Å². The molecule has 6 nitrogen and oxygen atoms in total. The van der Waals surface area contributed by atoms with Gasteiger partial charge in [0.15, 0.2) is 4.80 Å². The first kappa shape index (κ1) is 27.2. The lowest BCUT2D eigenvalue weighted by Gasteiger charge is -2.25. The monoisotopic (exact) mass is 580 g/mol. The molecule has 1 atom stereocenters. The Hall–Kier alpha value is -3.39. The first-order valence-corrected chi connectivity index (χ1v) is 14.1. The number of hydrogen-bond acceptors (Lipinski definition) is 6. The molecule has 0 amide bonds.